The minimum Gasteiger partial charge on any atom is -0.352 e. The van der Waals surface area contributed by atoms with E-state index in [0.717, 1.165) is 22.4 Å². The van der Waals surface area contributed by atoms with E-state index >= 15 is 0 Å². The molecule has 0 aliphatic heterocycles. The van der Waals surface area contributed by atoms with Gasteiger partial charge in [-0.3, -0.25) is 9.59 Å². The maximum atomic E-state index is 13.6. The van der Waals surface area contributed by atoms with E-state index in [1.165, 1.54) is 0 Å². The summed E-state index contributed by atoms with van der Waals surface area (Å²) in [6.45, 7) is 4.29. The van der Waals surface area contributed by atoms with Crippen LogP contribution in [0.5, 0.6) is 0 Å². The predicted molar refractivity (Wildman–Crippen MR) is 146 cm³/mol. The third-order valence-corrected chi connectivity index (χ3v) is 7.28. The lowest BCUT2D eigenvalue weighted by Crippen LogP contribution is -2.52. The molecule has 184 valence electrons. The highest BCUT2D eigenvalue weighted by Crippen LogP contribution is 2.23. The van der Waals surface area contributed by atoms with Crippen LogP contribution >= 0.6 is 23.4 Å². The number of carbonyl (C=O) groups excluding carboxylic acids is 2. The Balaban J connectivity index is 1.87. The average molecular weight is 509 g/mol. The molecule has 3 rings (SSSR count). The fourth-order valence-electron chi connectivity index (χ4n) is 3.72. The van der Waals surface area contributed by atoms with Crippen molar-refractivity contribution in [2.45, 2.75) is 56.6 Å². The van der Waals surface area contributed by atoms with Crippen LogP contribution in [0.2, 0.25) is 5.02 Å². The number of carbonyl (C=O) groups is 2. The number of amides is 2. The van der Waals surface area contributed by atoms with Gasteiger partial charge in [0.1, 0.15) is 6.04 Å². The molecule has 0 aromatic heterocycles. The molecule has 4 nitrogen and oxygen atoms in total. The van der Waals surface area contributed by atoms with Gasteiger partial charge < -0.3 is 10.2 Å². The number of benzene rings is 3. The normalized spacial score (nSPS) is 12.5. The summed E-state index contributed by atoms with van der Waals surface area (Å²) in [6.07, 6.45) is 1.58. The van der Waals surface area contributed by atoms with Crippen LogP contribution in [-0.4, -0.2) is 34.6 Å². The highest BCUT2D eigenvalue weighted by Gasteiger charge is 2.31. The maximum Gasteiger partial charge on any atom is 0.243 e. The van der Waals surface area contributed by atoms with Crippen LogP contribution in [0.1, 0.15) is 37.8 Å². The van der Waals surface area contributed by atoms with Gasteiger partial charge in [-0.2, -0.15) is 0 Å². The lowest BCUT2D eigenvalue weighted by atomic mass is 10.0. The molecule has 2 unspecified atom stereocenters. The molecule has 0 bridgehead atoms. The molecule has 35 heavy (non-hydrogen) atoms. The standard InChI is InChI=1S/C29H33ClN2O2S/c1-3-22(2)31-29(34)27(20-23-12-6-4-7-13-23)32(21-24-14-10-11-17-26(24)30)28(33)18-19-35-25-15-8-5-9-16-25/h4-17,22,27H,3,18-21H2,1-2H3,(H,31,34). The monoisotopic (exact) mass is 508 g/mol. The van der Waals surface area contributed by atoms with Crippen LogP contribution in [0.3, 0.4) is 0 Å². The summed E-state index contributed by atoms with van der Waals surface area (Å²) in [4.78, 5) is 29.9. The number of nitrogens with one attached hydrogen (secondary N) is 1. The summed E-state index contributed by atoms with van der Waals surface area (Å²) in [5.74, 6) is 0.431. The number of hydrogen-bond acceptors (Lipinski definition) is 3. The average Bonchev–Trinajstić information content (AvgIpc) is 2.88. The van der Waals surface area contributed by atoms with Gasteiger partial charge in [0.25, 0.3) is 0 Å². The molecule has 0 aliphatic rings. The number of hydrogen-bond donors (Lipinski definition) is 1. The van der Waals surface area contributed by atoms with Crippen molar-refractivity contribution < 1.29 is 9.59 Å². The van der Waals surface area contributed by atoms with Crippen molar-refractivity contribution >= 4 is 35.2 Å². The van der Waals surface area contributed by atoms with Crippen molar-refractivity contribution in [3.8, 4) is 0 Å². The van der Waals surface area contributed by atoms with E-state index in [1.54, 1.807) is 16.7 Å². The van der Waals surface area contributed by atoms with Crippen molar-refractivity contribution in [3.63, 3.8) is 0 Å². The molecule has 2 amide bonds. The molecule has 0 fully saturated rings. The first-order valence-electron chi connectivity index (χ1n) is 12.0. The molecule has 0 radical (unpaired) electrons. The first kappa shape index (κ1) is 26.8. The second-order valence-electron chi connectivity index (χ2n) is 8.55. The molecule has 2 atom stereocenters. The van der Waals surface area contributed by atoms with Gasteiger partial charge in [-0.1, -0.05) is 85.3 Å². The second kappa shape index (κ2) is 14.0. The topological polar surface area (TPSA) is 49.4 Å². The van der Waals surface area contributed by atoms with Gasteiger partial charge in [0.05, 0.1) is 0 Å². The zero-order chi connectivity index (χ0) is 25.0. The lowest BCUT2D eigenvalue weighted by molar-refractivity contribution is -0.141. The Morgan fingerprint density at radius 1 is 0.943 bits per heavy atom. The summed E-state index contributed by atoms with van der Waals surface area (Å²) in [5.41, 5.74) is 1.83. The van der Waals surface area contributed by atoms with E-state index < -0.39 is 6.04 Å². The van der Waals surface area contributed by atoms with Gasteiger partial charge in [0.2, 0.25) is 11.8 Å². The van der Waals surface area contributed by atoms with Gasteiger partial charge >= 0.3 is 0 Å². The Labute approximate surface area is 218 Å². The minimum atomic E-state index is -0.642. The third kappa shape index (κ3) is 8.44. The number of halogens is 1. The summed E-state index contributed by atoms with van der Waals surface area (Å²) in [5, 5.41) is 3.68. The molecular weight excluding hydrogens is 476 g/mol. The fourth-order valence-corrected chi connectivity index (χ4v) is 4.78. The van der Waals surface area contributed by atoms with E-state index in [-0.39, 0.29) is 24.4 Å². The third-order valence-electron chi connectivity index (χ3n) is 5.90. The van der Waals surface area contributed by atoms with Crippen molar-refractivity contribution in [2.24, 2.45) is 0 Å². The number of thioether (sulfide) groups is 1. The fraction of sp³-hybridized carbons (Fsp3) is 0.310. The molecule has 0 spiro atoms. The molecule has 0 saturated heterocycles. The number of nitrogens with zero attached hydrogens (tertiary/aromatic N) is 1. The van der Waals surface area contributed by atoms with Crippen molar-refractivity contribution in [1.82, 2.24) is 10.2 Å². The minimum absolute atomic E-state index is 0.0201. The zero-order valence-electron chi connectivity index (χ0n) is 20.3. The Kier molecular flexibility index (Phi) is 10.7. The lowest BCUT2D eigenvalue weighted by Gasteiger charge is -2.32. The molecule has 0 heterocycles. The van der Waals surface area contributed by atoms with Crippen molar-refractivity contribution in [3.05, 3.63) is 101 Å². The summed E-state index contributed by atoms with van der Waals surface area (Å²) in [7, 11) is 0. The summed E-state index contributed by atoms with van der Waals surface area (Å²) < 4.78 is 0. The van der Waals surface area contributed by atoms with E-state index in [2.05, 4.69) is 5.32 Å². The second-order valence-corrected chi connectivity index (χ2v) is 10.1. The van der Waals surface area contributed by atoms with E-state index in [9.17, 15) is 9.59 Å². The molecule has 3 aromatic carbocycles. The zero-order valence-corrected chi connectivity index (χ0v) is 21.9. The van der Waals surface area contributed by atoms with Crippen LogP contribution in [0, 0.1) is 0 Å². The van der Waals surface area contributed by atoms with Gasteiger partial charge in [0.15, 0.2) is 0 Å². The highest BCUT2D eigenvalue weighted by molar-refractivity contribution is 7.99. The van der Waals surface area contributed by atoms with Gasteiger partial charge in [-0.25, -0.2) is 0 Å². The maximum absolute atomic E-state index is 13.6. The van der Waals surface area contributed by atoms with Gasteiger partial charge in [-0.05, 0) is 42.7 Å². The van der Waals surface area contributed by atoms with E-state index in [0.29, 0.717) is 23.6 Å². The molecule has 1 N–H and O–H groups in total. The molecule has 0 aliphatic carbocycles. The van der Waals surface area contributed by atoms with E-state index in [1.807, 2.05) is 98.8 Å². The van der Waals surface area contributed by atoms with Crippen LogP contribution < -0.4 is 5.32 Å². The summed E-state index contributed by atoms with van der Waals surface area (Å²) in [6, 6.07) is 26.7. The first-order valence-corrected chi connectivity index (χ1v) is 13.4. The van der Waals surface area contributed by atoms with Gasteiger partial charge in [0, 0.05) is 41.1 Å². The molecule has 3 aromatic rings. The smallest absolute Gasteiger partial charge is 0.243 e. The SMILES string of the molecule is CCC(C)NC(=O)C(Cc1ccccc1)N(Cc1ccccc1Cl)C(=O)CCSc1ccccc1. The predicted octanol–water partition coefficient (Wildman–Crippen LogP) is 6.38. The van der Waals surface area contributed by atoms with Crippen LogP contribution in [0.4, 0.5) is 0 Å². The van der Waals surface area contributed by atoms with Crippen LogP contribution in [-0.2, 0) is 22.6 Å². The van der Waals surface area contributed by atoms with Crippen molar-refractivity contribution in [1.29, 1.82) is 0 Å². The Morgan fingerprint density at radius 2 is 1.57 bits per heavy atom. The van der Waals surface area contributed by atoms with Gasteiger partial charge in [-0.15, -0.1) is 11.8 Å². The summed E-state index contributed by atoms with van der Waals surface area (Å²) >= 11 is 8.11. The first-order chi connectivity index (χ1) is 17.0. The largest absolute Gasteiger partial charge is 0.352 e. The Bertz CT molecular complexity index is 1080. The van der Waals surface area contributed by atoms with E-state index in [4.69, 9.17) is 11.6 Å². The molecule has 0 saturated carbocycles. The van der Waals surface area contributed by atoms with Crippen molar-refractivity contribution in [2.75, 3.05) is 5.75 Å². The Hall–Kier alpha value is -2.76. The highest BCUT2D eigenvalue weighted by atomic mass is 35.5. The van der Waals surface area contributed by atoms with Crippen LogP contribution in [0.15, 0.2) is 89.8 Å². The molecule has 6 heteroatoms. The molecular formula is C29H33ClN2O2S. The number of rotatable bonds is 12. The quantitative estimate of drug-likeness (QED) is 0.289. The van der Waals surface area contributed by atoms with Crippen LogP contribution in [0.25, 0.3) is 0 Å². The Morgan fingerprint density at radius 3 is 2.23 bits per heavy atom.